The minimum absolute atomic E-state index is 0.0778. The summed E-state index contributed by atoms with van der Waals surface area (Å²) in [4.78, 5) is 32.8. The van der Waals surface area contributed by atoms with Crippen molar-refractivity contribution in [1.82, 2.24) is 4.98 Å². The summed E-state index contributed by atoms with van der Waals surface area (Å²) in [5.74, 6) is -0.954. The van der Waals surface area contributed by atoms with Crippen molar-refractivity contribution in [3.05, 3.63) is 84.1 Å². The van der Waals surface area contributed by atoms with E-state index in [1.807, 2.05) is 29.2 Å². The quantitative estimate of drug-likeness (QED) is 0.681. The van der Waals surface area contributed by atoms with E-state index in [1.165, 1.54) is 12.3 Å². The van der Waals surface area contributed by atoms with Gasteiger partial charge in [0.15, 0.2) is 0 Å². The van der Waals surface area contributed by atoms with E-state index in [0.29, 0.717) is 30.2 Å². The van der Waals surface area contributed by atoms with E-state index in [1.54, 1.807) is 24.3 Å². The minimum atomic E-state index is -1.07. The zero-order chi connectivity index (χ0) is 20.9. The number of nitrogens with one attached hydrogen (secondary N) is 1. The Morgan fingerprint density at radius 1 is 0.867 bits per heavy atom. The first-order valence-corrected chi connectivity index (χ1v) is 9.76. The van der Waals surface area contributed by atoms with Crippen LogP contribution in [0.1, 0.15) is 20.7 Å². The van der Waals surface area contributed by atoms with E-state index in [9.17, 15) is 14.7 Å². The standard InChI is InChI=1S/C23H22N4O3/c28-22(17-7-3-1-4-8-17)25-18-15-20(23(29)30)21(24-16-18)27-13-11-26(12-14-27)19-9-5-2-6-10-19/h1-10,15-16H,11-14H2,(H,25,28)(H,29,30). The number of para-hydroxylation sites is 1. The zero-order valence-corrected chi connectivity index (χ0v) is 16.4. The van der Waals surface area contributed by atoms with Crippen LogP contribution in [0.5, 0.6) is 0 Å². The van der Waals surface area contributed by atoms with Gasteiger partial charge in [0.1, 0.15) is 11.4 Å². The van der Waals surface area contributed by atoms with Crippen LogP contribution in [0, 0.1) is 0 Å². The predicted octanol–water partition coefficient (Wildman–Crippen LogP) is 3.36. The number of carboxylic acid groups (broad SMARTS) is 1. The maximum absolute atomic E-state index is 12.4. The average molecular weight is 402 g/mol. The van der Waals surface area contributed by atoms with Crippen LogP contribution in [0.3, 0.4) is 0 Å². The van der Waals surface area contributed by atoms with Gasteiger partial charge in [0, 0.05) is 37.4 Å². The van der Waals surface area contributed by atoms with Crippen LogP contribution in [0.15, 0.2) is 72.9 Å². The molecule has 2 aromatic carbocycles. The molecule has 2 N–H and O–H groups in total. The largest absolute Gasteiger partial charge is 0.478 e. The smallest absolute Gasteiger partial charge is 0.339 e. The van der Waals surface area contributed by atoms with Crippen molar-refractivity contribution >= 4 is 29.1 Å². The highest BCUT2D eigenvalue weighted by atomic mass is 16.4. The van der Waals surface area contributed by atoms with Gasteiger partial charge in [-0.3, -0.25) is 4.79 Å². The number of hydrogen-bond acceptors (Lipinski definition) is 5. The predicted molar refractivity (Wildman–Crippen MR) is 116 cm³/mol. The van der Waals surface area contributed by atoms with Gasteiger partial charge >= 0.3 is 5.97 Å². The van der Waals surface area contributed by atoms with Gasteiger partial charge in [-0.2, -0.15) is 0 Å². The van der Waals surface area contributed by atoms with Crippen LogP contribution in [0.2, 0.25) is 0 Å². The van der Waals surface area contributed by atoms with E-state index < -0.39 is 5.97 Å². The summed E-state index contributed by atoms with van der Waals surface area (Å²) >= 11 is 0. The van der Waals surface area contributed by atoms with Crippen LogP contribution in [0.4, 0.5) is 17.2 Å². The number of rotatable bonds is 5. The Balaban J connectivity index is 1.49. The molecule has 1 fully saturated rings. The van der Waals surface area contributed by atoms with Crippen molar-refractivity contribution in [2.75, 3.05) is 41.3 Å². The van der Waals surface area contributed by atoms with E-state index in [0.717, 1.165) is 18.8 Å². The second-order valence-electron chi connectivity index (χ2n) is 7.03. The Hall–Kier alpha value is -3.87. The molecular formula is C23H22N4O3. The van der Waals surface area contributed by atoms with Crippen molar-refractivity contribution in [3.63, 3.8) is 0 Å². The molecule has 1 saturated heterocycles. The van der Waals surface area contributed by atoms with Gasteiger partial charge in [-0.15, -0.1) is 0 Å². The number of amides is 1. The Kier molecular flexibility index (Phi) is 5.61. The first-order chi connectivity index (χ1) is 14.6. The second-order valence-corrected chi connectivity index (χ2v) is 7.03. The summed E-state index contributed by atoms with van der Waals surface area (Å²) in [6, 6.07) is 20.4. The SMILES string of the molecule is O=C(Nc1cnc(N2CCN(c3ccccc3)CC2)c(C(=O)O)c1)c1ccccc1. The molecule has 3 aromatic rings. The number of carbonyl (C=O) groups is 2. The molecule has 7 heteroatoms. The van der Waals surface area contributed by atoms with Gasteiger partial charge in [0.25, 0.3) is 5.91 Å². The molecule has 1 aliphatic rings. The molecule has 0 saturated carbocycles. The lowest BCUT2D eigenvalue weighted by Gasteiger charge is -2.37. The third-order valence-electron chi connectivity index (χ3n) is 5.09. The fourth-order valence-electron chi connectivity index (χ4n) is 3.54. The van der Waals surface area contributed by atoms with Crippen molar-refractivity contribution in [2.45, 2.75) is 0 Å². The number of anilines is 3. The minimum Gasteiger partial charge on any atom is -0.478 e. The Labute approximate surface area is 174 Å². The molecule has 7 nitrogen and oxygen atoms in total. The van der Waals surface area contributed by atoms with E-state index in [-0.39, 0.29) is 11.5 Å². The summed E-state index contributed by atoms with van der Waals surface area (Å²) < 4.78 is 0. The molecule has 0 spiro atoms. The van der Waals surface area contributed by atoms with Gasteiger partial charge in [-0.1, -0.05) is 36.4 Å². The van der Waals surface area contributed by atoms with Gasteiger partial charge in [-0.25, -0.2) is 9.78 Å². The highest BCUT2D eigenvalue weighted by molar-refractivity contribution is 6.05. The lowest BCUT2D eigenvalue weighted by Crippen LogP contribution is -2.47. The van der Waals surface area contributed by atoms with Crippen LogP contribution in [0.25, 0.3) is 0 Å². The monoisotopic (exact) mass is 402 g/mol. The number of carbonyl (C=O) groups excluding carboxylic acids is 1. The summed E-state index contributed by atoms with van der Waals surface area (Å²) in [7, 11) is 0. The lowest BCUT2D eigenvalue weighted by molar-refractivity contribution is 0.0696. The molecule has 1 aliphatic heterocycles. The molecule has 0 radical (unpaired) electrons. The molecule has 1 aromatic heterocycles. The molecule has 0 bridgehead atoms. The van der Waals surface area contributed by atoms with Gasteiger partial charge < -0.3 is 20.2 Å². The van der Waals surface area contributed by atoms with Crippen molar-refractivity contribution in [3.8, 4) is 0 Å². The van der Waals surface area contributed by atoms with Crippen LogP contribution < -0.4 is 15.1 Å². The molecule has 0 atom stereocenters. The second kappa shape index (κ2) is 8.65. The number of benzene rings is 2. The Morgan fingerprint density at radius 3 is 2.10 bits per heavy atom. The van der Waals surface area contributed by atoms with Gasteiger partial charge in [-0.05, 0) is 30.3 Å². The number of carboxylic acids is 1. The molecule has 0 unspecified atom stereocenters. The number of aromatic carboxylic acids is 1. The molecule has 1 amide bonds. The topological polar surface area (TPSA) is 85.8 Å². The van der Waals surface area contributed by atoms with Crippen LogP contribution >= 0.6 is 0 Å². The summed E-state index contributed by atoms with van der Waals surface area (Å²) in [5, 5.41) is 12.4. The normalized spacial score (nSPS) is 13.7. The number of aromatic nitrogens is 1. The molecular weight excluding hydrogens is 380 g/mol. The Morgan fingerprint density at radius 2 is 1.47 bits per heavy atom. The van der Waals surface area contributed by atoms with Crippen molar-refractivity contribution in [2.24, 2.45) is 0 Å². The van der Waals surface area contributed by atoms with Crippen LogP contribution in [-0.4, -0.2) is 48.1 Å². The fourth-order valence-corrected chi connectivity index (χ4v) is 3.54. The number of hydrogen-bond donors (Lipinski definition) is 2. The number of nitrogens with zero attached hydrogens (tertiary/aromatic N) is 3. The number of piperazine rings is 1. The van der Waals surface area contributed by atoms with Gasteiger partial charge in [0.2, 0.25) is 0 Å². The van der Waals surface area contributed by atoms with E-state index in [4.69, 9.17) is 0 Å². The summed E-state index contributed by atoms with van der Waals surface area (Å²) in [6.45, 7) is 2.88. The number of pyridine rings is 1. The summed E-state index contributed by atoms with van der Waals surface area (Å²) in [6.07, 6.45) is 1.51. The maximum Gasteiger partial charge on any atom is 0.339 e. The third-order valence-corrected chi connectivity index (χ3v) is 5.09. The Bertz CT molecular complexity index is 1030. The lowest BCUT2D eigenvalue weighted by atomic mass is 10.1. The zero-order valence-electron chi connectivity index (χ0n) is 16.4. The van der Waals surface area contributed by atoms with E-state index >= 15 is 0 Å². The van der Waals surface area contributed by atoms with Gasteiger partial charge in [0.05, 0.1) is 11.9 Å². The molecule has 0 aliphatic carbocycles. The van der Waals surface area contributed by atoms with Crippen molar-refractivity contribution in [1.29, 1.82) is 0 Å². The fraction of sp³-hybridized carbons (Fsp3) is 0.174. The highest BCUT2D eigenvalue weighted by Gasteiger charge is 2.23. The first kappa shape index (κ1) is 19.4. The highest BCUT2D eigenvalue weighted by Crippen LogP contribution is 2.24. The molecule has 152 valence electrons. The molecule has 4 rings (SSSR count). The first-order valence-electron chi connectivity index (χ1n) is 9.76. The molecule has 30 heavy (non-hydrogen) atoms. The van der Waals surface area contributed by atoms with Crippen LogP contribution in [-0.2, 0) is 0 Å². The third kappa shape index (κ3) is 4.25. The maximum atomic E-state index is 12.4. The van der Waals surface area contributed by atoms with E-state index in [2.05, 4.69) is 27.3 Å². The van der Waals surface area contributed by atoms with Crippen molar-refractivity contribution < 1.29 is 14.7 Å². The summed E-state index contributed by atoms with van der Waals surface area (Å²) in [5.41, 5.74) is 2.08. The molecule has 2 heterocycles. The average Bonchev–Trinajstić information content (AvgIpc) is 2.80.